The third-order valence-electron chi connectivity index (χ3n) is 3.01. The molecule has 0 aliphatic carbocycles. The van der Waals surface area contributed by atoms with Crippen LogP contribution in [0, 0.1) is 0 Å². The van der Waals surface area contributed by atoms with Crippen LogP contribution in [0.3, 0.4) is 0 Å². The second kappa shape index (κ2) is 5.44. The smallest absolute Gasteiger partial charge is 0.443 e. The van der Waals surface area contributed by atoms with Gasteiger partial charge in [0.25, 0.3) is 5.91 Å². The molecule has 0 saturated heterocycles. The molecule has 0 unspecified atom stereocenters. The Kier molecular flexibility index (Phi) is 3.73. The fourth-order valence-electron chi connectivity index (χ4n) is 2.06. The van der Waals surface area contributed by atoms with Crippen LogP contribution in [0.2, 0.25) is 5.02 Å². The van der Waals surface area contributed by atoms with E-state index in [9.17, 15) is 18.0 Å². The maximum atomic E-state index is 12.6. The molecule has 0 N–H and O–H groups in total. The largest absolute Gasteiger partial charge is 0.488 e. The van der Waals surface area contributed by atoms with Gasteiger partial charge in [0, 0.05) is 5.38 Å². The van der Waals surface area contributed by atoms with Crippen molar-refractivity contribution in [1.29, 1.82) is 0 Å². The number of para-hydroxylation sites is 1. The summed E-state index contributed by atoms with van der Waals surface area (Å²) >= 11 is 6.39. The molecule has 0 saturated carbocycles. The number of hydrogen-bond acceptors (Lipinski definition) is 4. The van der Waals surface area contributed by atoms with Crippen molar-refractivity contribution in [2.75, 3.05) is 18.1 Å². The van der Waals surface area contributed by atoms with Gasteiger partial charge in [0.05, 0.1) is 17.3 Å². The maximum absolute atomic E-state index is 12.6. The zero-order valence-corrected chi connectivity index (χ0v) is 12.4. The summed E-state index contributed by atoms with van der Waals surface area (Å²) in [5.41, 5.74) is 0.176. The SMILES string of the molecule is O=C(c1csc(C(F)(F)F)n1)N1CCOc2c(Cl)cccc21. The molecule has 22 heavy (non-hydrogen) atoms. The molecule has 1 aliphatic heterocycles. The van der Waals surface area contributed by atoms with Crippen LogP contribution < -0.4 is 9.64 Å². The van der Waals surface area contributed by atoms with Crippen molar-refractivity contribution >= 4 is 34.5 Å². The van der Waals surface area contributed by atoms with Gasteiger partial charge in [0.15, 0.2) is 10.8 Å². The molecule has 3 rings (SSSR count). The first-order valence-corrected chi connectivity index (χ1v) is 7.39. The number of carbonyl (C=O) groups is 1. The Bertz CT molecular complexity index is 732. The summed E-state index contributed by atoms with van der Waals surface area (Å²) in [7, 11) is 0. The van der Waals surface area contributed by atoms with Crippen LogP contribution in [-0.4, -0.2) is 24.0 Å². The molecule has 0 atom stereocenters. The van der Waals surface area contributed by atoms with Crippen LogP contribution in [-0.2, 0) is 6.18 Å². The molecule has 0 radical (unpaired) electrons. The van der Waals surface area contributed by atoms with Gasteiger partial charge in [-0.15, -0.1) is 11.3 Å². The Balaban J connectivity index is 1.94. The van der Waals surface area contributed by atoms with Crippen LogP contribution in [0.25, 0.3) is 0 Å². The summed E-state index contributed by atoms with van der Waals surface area (Å²) in [6.07, 6.45) is -4.56. The molecule has 4 nitrogen and oxygen atoms in total. The first-order chi connectivity index (χ1) is 10.4. The highest BCUT2D eigenvalue weighted by molar-refractivity contribution is 7.10. The second-order valence-electron chi connectivity index (χ2n) is 4.43. The number of fused-ring (bicyclic) bond motifs is 1. The number of benzene rings is 1. The van der Waals surface area contributed by atoms with E-state index in [0.29, 0.717) is 27.8 Å². The van der Waals surface area contributed by atoms with Gasteiger partial charge in [-0.25, -0.2) is 4.98 Å². The molecule has 9 heteroatoms. The molecule has 1 aromatic heterocycles. The van der Waals surface area contributed by atoms with Gasteiger partial charge >= 0.3 is 6.18 Å². The topological polar surface area (TPSA) is 42.4 Å². The monoisotopic (exact) mass is 348 g/mol. The summed E-state index contributed by atoms with van der Waals surface area (Å²) in [5, 5.41) is 0.393. The van der Waals surface area contributed by atoms with E-state index in [4.69, 9.17) is 16.3 Å². The van der Waals surface area contributed by atoms with Gasteiger partial charge in [-0.3, -0.25) is 4.79 Å². The van der Waals surface area contributed by atoms with Crippen LogP contribution >= 0.6 is 22.9 Å². The predicted molar refractivity (Wildman–Crippen MR) is 75.7 cm³/mol. The number of thiazole rings is 1. The van der Waals surface area contributed by atoms with Crippen molar-refractivity contribution in [3.05, 3.63) is 39.3 Å². The average molecular weight is 349 g/mol. The predicted octanol–water partition coefficient (Wildman–Crippen LogP) is 3.85. The molecule has 0 spiro atoms. The van der Waals surface area contributed by atoms with E-state index in [0.717, 1.165) is 5.38 Å². The Morgan fingerprint density at radius 3 is 2.86 bits per heavy atom. The van der Waals surface area contributed by atoms with Gasteiger partial charge in [-0.2, -0.15) is 13.2 Å². The summed E-state index contributed by atoms with van der Waals surface area (Å²) < 4.78 is 43.2. The van der Waals surface area contributed by atoms with Crippen molar-refractivity contribution in [3.8, 4) is 5.75 Å². The highest BCUT2D eigenvalue weighted by Gasteiger charge is 2.36. The second-order valence-corrected chi connectivity index (χ2v) is 5.69. The normalized spacial score (nSPS) is 14.5. The number of anilines is 1. The lowest BCUT2D eigenvalue weighted by molar-refractivity contribution is -0.137. The first kappa shape index (κ1) is 15.1. The zero-order valence-electron chi connectivity index (χ0n) is 10.9. The van der Waals surface area contributed by atoms with E-state index >= 15 is 0 Å². The number of ether oxygens (including phenoxy) is 1. The standard InChI is InChI=1S/C13H8ClF3N2O2S/c14-7-2-1-3-9-10(7)21-5-4-19(9)11(20)8-6-22-12(18-8)13(15,16)17/h1-3,6H,4-5H2. The van der Waals surface area contributed by atoms with Crippen LogP contribution in [0.5, 0.6) is 5.75 Å². The van der Waals surface area contributed by atoms with Gasteiger partial charge in [0.2, 0.25) is 0 Å². The van der Waals surface area contributed by atoms with Gasteiger partial charge in [-0.1, -0.05) is 17.7 Å². The molecule has 2 heterocycles. The van der Waals surface area contributed by atoms with Crippen molar-refractivity contribution in [2.24, 2.45) is 0 Å². The summed E-state index contributed by atoms with van der Waals surface area (Å²) in [4.78, 5) is 17.1. The van der Waals surface area contributed by atoms with Crippen molar-refractivity contribution in [1.82, 2.24) is 4.98 Å². The fraction of sp³-hybridized carbons (Fsp3) is 0.231. The highest BCUT2D eigenvalue weighted by Crippen LogP contribution is 2.39. The lowest BCUT2D eigenvalue weighted by Gasteiger charge is -2.29. The zero-order chi connectivity index (χ0) is 15.9. The number of aromatic nitrogens is 1. The molecular weight excluding hydrogens is 341 g/mol. The van der Waals surface area contributed by atoms with Crippen molar-refractivity contribution in [2.45, 2.75) is 6.18 Å². The van der Waals surface area contributed by atoms with Gasteiger partial charge in [-0.05, 0) is 12.1 Å². The molecule has 2 aromatic rings. The fourth-order valence-corrected chi connectivity index (χ4v) is 2.95. The molecule has 0 bridgehead atoms. The number of rotatable bonds is 1. The van der Waals surface area contributed by atoms with E-state index in [-0.39, 0.29) is 18.8 Å². The first-order valence-electron chi connectivity index (χ1n) is 6.14. The van der Waals surface area contributed by atoms with Crippen molar-refractivity contribution in [3.63, 3.8) is 0 Å². The number of hydrogen-bond donors (Lipinski definition) is 0. The van der Waals surface area contributed by atoms with E-state index in [2.05, 4.69) is 4.98 Å². The minimum Gasteiger partial charge on any atom is -0.488 e. The minimum absolute atomic E-state index is 0.207. The number of halogens is 4. The average Bonchev–Trinajstić information content (AvgIpc) is 2.96. The van der Waals surface area contributed by atoms with E-state index in [1.165, 1.54) is 4.90 Å². The Hall–Kier alpha value is -1.80. The van der Waals surface area contributed by atoms with E-state index in [1.807, 2.05) is 0 Å². The summed E-state index contributed by atoms with van der Waals surface area (Å²) in [5.74, 6) is -0.270. The third kappa shape index (κ3) is 2.64. The van der Waals surface area contributed by atoms with E-state index < -0.39 is 17.1 Å². The lowest BCUT2D eigenvalue weighted by Crippen LogP contribution is -2.38. The van der Waals surface area contributed by atoms with Crippen LogP contribution in [0.15, 0.2) is 23.6 Å². The third-order valence-corrected chi connectivity index (χ3v) is 4.19. The van der Waals surface area contributed by atoms with E-state index in [1.54, 1.807) is 18.2 Å². The maximum Gasteiger partial charge on any atom is 0.443 e. The van der Waals surface area contributed by atoms with Gasteiger partial charge < -0.3 is 9.64 Å². The Morgan fingerprint density at radius 2 is 2.18 bits per heavy atom. The summed E-state index contributed by atoms with van der Waals surface area (Å²) in [6.45, 7) is 0.420. The number of carbonyl (C=O) groups excluding carboxylic acids is 1. The highest BCUT2D eigenvalue weighted by atomic mass is 35.5. The van der Waals surface area contributed by atoms with Crippen LogP contribution in [0.4, 0.5) is 18.9 Å². The van der Waals surface area contributed by atoms with Gasteiger partial charge in [0.1, 0.15) is 12.3 Å². The number of alkyl halides is 3. The molecule has 1 amide bonds. The molecular formula is C13H8ClF3N2O2S. The van der Waals surface area contributed by atoms with Crippen molar-refractivity contribution < 1.29 is 22.7 Å². The quantitative estimate of drug-likeness (QED) is 0.786. The molecule has 1 aliphatic rings. The molecule has 1 aromatic carbocycles. The molecule has 0 fully saturated rings. The Morgan fingerprint density at radius 1 is 1.41 bits per heavy atom. The number of amides is 1. The summed E-state index contributed by atoms with van der Waals surface area (Å²) in [6, 6.07) is 4.87. The Labute approximate surface area is 132 Å². The molecule has 116 valence electrons. The minimum atomic E-state index is -4.56. The lowest BCUT2D eigenvalue weighted by atomic mass is 10.2. The number of nitrogens with zero attached hydrogens (tertiary/aromatic N) is 2. The van der Waals surface area contributed by atoms with Crippen LogP contribution in [0.1, 0.15) is 15.5 Å².